The highest BCUT2D eigenvalue weighted by atomic mass is 32.2. The zero-order valence-electron chi connectivity index (χ0n) is 15.0. The molecule has 28 heavy (non-hydrogen) atoms. The number of carboxylic acids is 1. The maximum Gasteiger partial charge on any atom is 0.490 e. The molecule has 12 heteroatoms. The molecule has 0 saturated carbocycles. The van der Waals surface area contributed by atoms with E-state index in [4.69, 9.17) is 9.90 Å². The third kappa shape index (κ3) is 4.98. The molecule has 3 heterocycles. The van der Waals surface area contributed by atoms with Gasteiger partial charge in [-0.3, -0.25) is 9.69 Å². The Morgan fingerprint density at radius 3 is 2.46 bits per heavy atom. The van der Waals surface area contributed by atoms with Crippen LogP contribution < -0.4 is 4.90 Å². The quantitative estimate of drug-likeness (QED) is 0.789. The Morgan fingerprint density at radius 1 is 1.32 bits per heavy atom. The van der Waals surface area contributed by atoms with Gasteiger partial charge in [-0.2, -0.15) is 13.2 Å². The van der Waals surface area contributed by atoms with Crippen LogP contribution in [-0.4, -0.2) is 66.3 Å². The van der Waals surface area contributed by atoms with Crippen molar-refractivity contribution in [3.63, 3.8) is 0 Å². The predicted octanol–water partition coefficient (Wildman–Crippen LogP) is 1.49. The summed E-state index contributed by atoms with van der Waals surface area (Å²) in [5.74, 6) is -1.96. The van der Waals surface area contributed by atoms with E-state index in [1.54, 1.807) is 18.0 Å². The molecule has 0 radical (unpaired) electrons. The lowest BCUT2D eigenvalue weighted by Crippen LogP contribution is -2.35. The average molecular weight is 423 g/mol. The fraction of sp³-hybridized carbons (Fsp3) is 0.562. The first kappa shape index (κ1) is 22.1. The molecule has 0 aromatic carbocycles. The lowest BCUT2D eigenvalue weighted by molar-refractivity contribution is -0.192. The molecule has 3 rings (SSSR count). The number of carboxylic acid groups (broad SMARTS) is 1. The topological polar surface area (TPSA) is 108 Å². The lowest BCUT2D eigenvalue weighted by Gasteiger charge is -2.23. The summed E-state index contributed by atoms with van der Waals surface area (Å²) in [6, 6.07) is 5.47. The molecule has 2 saturated heterocycles. The fourth-order valence-corrected chi connectivity index (χ4v) is 4.41. The standard InChI is InChI=1S/C14H19N3O3S.C2HF3O2/c1-2-21(19,20)16-8-6-14(10-16)9-13(18)17(11-14)12-5-3-4-7-15-12;3-2(4,5)1(6)7/h3-5,7H,2,6,8-11H2,1H3;(H,6,7). The van der Waals surface area contributed by atoms with Crippen LogP contribution in [0.2, 0.25) is 0 Å². The van der Waals surface area contributed by atoms with E-state index < -0.39 is 22.2 Å². The number of hydrogen-bond donors (Lipinski definition) is 1. The Labute approximate surface area is 160 Å². The summed E-state index contributed by atoms with van der Waals surface area (Å²) in [6.07, 6.45) is -2.28. The minimum absolute atomic E-state index is 0.0319. The Bertz CT molecular complexity index is 832. The third-order valence-electron chi connectivity index (χ3n) is 4.65. The fourth-order valence-electron chi connectivity index (χ4n) is 3.21. The van der Waals surface area contributed by atoms with Gasteiger partial charge in [0.05, 0.1) is 5.75 Å². The summed E-state index contributed by atoms with van der Waals surface area (Å²) in [5.41, 5.74) is -0.253. The molecule has 1 spiro atoms. The summed E-state index contributed by atoms with van der Waals surface area (Å²) < 4.78 is 57.2. The Morgan fingerprint density at radius 2 is 1.96 bits per heavy atom. The first-order chi connectivity index (χ1) is 12.9. The highest BCUT2D eigenvalue weighted by Crippen LogP contribution is 2.42. The zero-order chi connectivity index (χ0) is 21.2. The largest absolute Gasteiger partial charge is 0.490 e. The molecule has 1 N–H and O–H groups in total. The summed E-state index contributed by atoms with van der Waals surface area (Å²) >= 11 is 0. The molecule has 2 aliphatic heterocycles. The average Bonchev–Trinajstić information content (AvgIpc) is 3.19. The number of rotatable bonds is 3. The van der Waals surface area contributed by atoms with E-state index in [1.807, 2.05) is 18.2 Å². The van der Waals surface area contributed by atoms with Crippen LogP contribution in [0, 0.1) is 5.41 Å². The van der Waals surface area contributed by atoms with Crippen LogP contribution in [0.15, 0.2) is 24.4 Å². The number of halogens is 3. The number of hydrogen-bond acceptors (Lipinski definition) is 5. The molecular weight excluding hydrogens is 403 g/mol. The van der Waals surface area contributed by atoms with Crippen LogP contribution in [0.4, 0.5) is 19.0 Å². The van der Waals surface area contributed by atoms with Crippen LogP contribution in [0.5, 0.6) is 0 Å². The number of carbonyl (C=O) groups is 2. The number of sulfonamides is 1. The first-order valence-corrected chi connectivity index (χ1v) is 10.0. The number of aliphatic carboxylic acids is 1. The van der Waals surface area contributed by atoms with Gasteiger partial charge < -0.3 is 5.11 Å². The molecule has 1 aromatic rings. The van der Waals surface area contributed by atoms with E-state index in [0.717, 1.165) is 6.42 Å². The molecule has 2 fully saturated rings. The lowest BCUT2D eigenvalue weighted by atomic mass is 9.86. The summed E-state index contributed by atoms with van der Waals surface area (Å²) in [7, 11) is -3.17. The third-order valence-corrected chi connectivity index (χ3v) is 6.48. The van der Waals surface area contributed by atoms with Crippen molar-refractivity contribution in [1.82, 2.24) is 9.29 Å². The molecule has 1 unspecified atom stereocenters. The van der Waals surface area contributed by atoms with E-state index in [-0.39, 0.29) is 17.1 Å². The highest BCUT2D eigenvalue weighted by Gasteiger charge is 2.50. The van der Waals surface area contributed by atoms with Crippen molar-refractivity contribution in [1.29, 1.82) is 0 Å². The number of nitrogens with zero attached hydrogens (tertiary/aromatic N) is 3. The summed E-state index contributed by atoms with van der Waals surface area (Å²) in [6.45, 7) is 3.16. The van der Waals surface area contributed by atoms with Gasteiger partial charge >= 0.3 is 12.1 Å². The molecule has 1 amide bonds. The molecule has 1 atom stereocenters. The first-order valence-electron chi connectivity index (χ1n) is 8.39. The van der Waals surface area contributed by atoms with Crippen LogP contribution in [-0.2, 0) is 19.6 Å². The van der Waals surface area contributed by atoms with Crippen molar-refractivity contribution >= 4 is 27.7 Å². The Hall–Kier alpha value is -2.21. The van der Waals surface area contributed by atoms with E-state index >= 15 is 0 Å². The van der Waals surface area contributed by atoms with Crippen molar-refractivity contribution in [2.45, 2.75) is 25.9 Å². The van der Waals surface area contributed by atoms with E-state index in [2.05, 4.69) is 4.98 Å². The maximum atomic E-state index is 12.3. The SMILES string of the molecule is CCS(=O)(=O)N1CCC2(CC(=O)N(c3ccccn3)C2)C1.O=C(O)C(F)(F)F. The minimum atomic E-state index is -5.08. The number of pyridine rings is 1. The van der Waals surface area contributed by atoms with Crippen LogP contribution in [0.3, 0.4) is 0 Å². The molecule has 8 nitrogen and oxygen atoms in total. The smallest absolute Gasteiger partial charge is 0.475 e. The Balaban J connectivity index is 0.000000345. The minimum Gasteiger partial charge on any atom is -0.475 e. The number of alkyl halides is 3. The van der Waals surface area contributed by atoms with Gasteiger partial charge in [0.2, 0.25) is 15.9 Å². The highest BCUT2D eigenvalue weighted by molar-refractivity contribution is 7.89. The monoisotopic (exact) mass is 423 g/mol. The number of anilines is 1. The van der Waals surface area contributed by atoms with E-state index in [9.17, 15) is 26.4 Å². The Kier molecular flexibility index (Phi) is 6.34. The zero-order valence-corrected chi connectivity index (χ0v) is 15.8. The van der Waals surface area contributed by atoms with E-state index in [0.29, 0.717) is 31.9 Å². The van der Waals surface area contributed by atoms with Crippen molar-refractivity contribution in [3.8, 4) is 0 Å². The summed E-state index contributed by atoms with van der Waals surface area (Å²) in [5, 5.41) is 7.12. The van der Waals surface area contributed by atoms with Crippen LogP contribution in [0.25, 0.3) is 0 Å². The van der Waals surface area contributed by atoms with Gasteiger partial charge in [-0.05, 0) is 25.5 Å². The van der Waals surface area contributed by atoms with Gasteiger partial charge in [-0.1, -0.05) is 6.07 Å². The van der Waals surface area contributed by atoms with Crippen LogP contribution >= 0.6 is 0 Å². The number of amides is 1. The number of carbonyl (C=O) groups excluding carboxylic acids is 1. The van der Waals surface area contributed by atoms with Gasteiger partial charge in [0.25, 0.3) is 0 Å². The van der Waals surface area contributed by atoms with Crippen molar-refractivity contribution < 1.29 is 36.3 Å². The van der Waals surface area contributed by atoms with Gasteiger partial charge in [0.15, 0.2) is 0 Å². The molecule has 2 aliphatic rings. The van der Waals surface area contributed by atoms with E-state index in [1.165, 1.54) is 4.31 Å². The molecule has 1 aromatic heterocycles. The van der Waals surface area contributed by atoms with Gasteiger partial charge in [0, 0.05) is 37.7 Å². The van der Waals surface area contributed by atoms with Crippen molar-refractivity contribution in [3.05, 3.63) is 24.4 Å². The maximum absolute atomic E-state index is 12.3. The second kappa shape index (κ2) is 8.03. The second-order valence-corrected chi connectivity index (χ2v) is 8.89. The van der Waals surface area contributed by atoms with Crippen molar-refractivity contribution in [2.75, 3.05) is 30.3 Å². The predicted molar refractivity (Wildman–Crippen MR) is 93.0 cm³/mol. The molecule has 0 aliphatic carbocycles. The van der Waals surface area contributed by atoms with Gasteiger partial charge in [-0.15, -0.1) is 0 Å². The van der Waals surface area contributed by atoms with Crippen molar-refractivity contribution in [2.24, 2.45) is 5.41 Å². The normalized spacial score (nSPS) is 23.0. The molecule has 0 bridgehead atoms. The summed E-state index contributed by atoms with van der Waals surface area (Å²) in [4.78, 5) is 27.1. The van der Waals surface area contributed by atoms with Crippen LogP contribution in [0.1, 0.15) is 19.8 Å². The van der Waals surface area contributed by atoms with Gasteiger partial charge in [-0.25, -0.2) is 22.5 Å². The van der Waals surface area contributed by atoms with Gasteiger partial charge in [0.1, 0.15) is 5.82 Å². The molecule has 156 valence electrons. The molecular formula is C16H20F3N3O5S. The number of aromatic nitrogens is 1. The second-order valence-electron chi connectivity index (χ2n) is 6.63.